The van der Waals surface area contributed by atoms with Gasteiger partial charge in [0.25, 0.3) is 0 Å². The van der Waals surface area contributed by atoms with Gasteiger partial charge < -0.3 is 4.90 Å². The van der Waals surface area contributed by atoms with Gasteiger partial charge in [0.15, 0.2) is 0 Å². The lowest BCUT2D eigenvalue weighted by Gasteiger charge is -2.34. The second-order valence-corrected chi connectivity index (χ2v) is 5.24. The van der Waals surface area contributed by atoms with Gasteiger partial charge in [-0.05, 0) is 12.8 Å². The Bertz CT molecular complexity index is 445. The van der Waals surface area contributed by atoms with E-state index in [4.69, 9.17) is 0 Å². The first-order chi connectivity index (χ1) is 9.22. The topological polar surface area (TPSA) is 57.7 Å². The molecule has 100 valence electrons. The maximum atomic E-state index is 12.3. The largest absolute Gasteiger partial charge is 0.345 e. The number of likely N-dealkylation sites (tertiary alicyclic amines) is 2. The molecule has 2 unspecified atom stereocenters. The van der Waals surface area contributed by atoms with Gasteiger partial charge in [0.1, 0.15) is 0 Å². The molecule has 5 heteroatoms. The number of imide groups is 1. The van der Waals surface area contributed by atoms with Gasteiger partial charge in [-0.2, -0.15) is 0 Å². The Morgan fingerprint density at radius 3 is 2.00 bits per heavy atom. The summed E-state index contributed by atoms with van der Waals surface area (Å²) in [4.78, 5) is 38.5. The van der Waals surface area contributed by atoms with Crippen molar-refractivity contribution in [2.45, 2.75) is 18.9 Å². The highest BCUT2D eigenvalue weighted by Gasteiger charge is 2.48. The summed E-state index contributed by atoms with van der Waals surface area (Å²) in [6.45, 7) is 1.23. The molecule has 19 heavy (non-hydrogen) atoms. The van der Waals surface area contributed by atoms with Crippen molar-refractivity contribution >= 4 is 18.2 Å². The molecule has 0 saturated carbocycles. The summed E-state index contributed by atoms with van der Waals surface area (Å²) in [6.07, 6.45) is 9.47. The van der Waals surface area contributed by atoms with Gasteiger partial charge >= 0.3 is 0 Å². The zero-order valence-corrected chi connectivity index (χ0v) is 10.6. The second-order valence-electron chi connectivity index (χ2n) is 5.24. The molecule has 5 nitrogen and oxygen atoms in total. The minimum atomic E-state index is -0.318. The number of nitrogens with zero attached hydrogens (tertiary/aromatic N) is 2. The van der Waals surface area contributed by atoms with Gasteiger partial charge in [-0.15, -0.1) is 0 Å². The van der Waals surface area contributed by atoms with Crippen LogP contribution in [0.3, 0.4) is 0 Å². The highest BCUT2D eigenvalue weighted by atomic mass is 16.2. The first-order valence-electron chi connectivity index (χ1n) is 6.63. The predicted molar refractivity (Wildman–Crippen MR) is 67.8 cm³/mol. The van der Waals surface area contributed by atoms with Crippen LogP contribution in [0, 0.1) is 11.8 Å². The molecular weight excluding hydrogens is 244 g/mol. The fraction of sp³-hybridized carbons (Fsp3) is 0.500. The van der Waals surface area contributed by atoms with Gasteiger partial charge in [0.05, 0.1) is 11.8 Å². The molecule has 0 aromatic rings. The van der Waals surface area contributed by atoms with E-state index in [1.54, 1.807) is 4.90 Å². The van der Waals surface area contributed by atoms with Crippen molar-refractivity contribution in [1.29, 1.82) is 0 Å². The maximum absolute atomic E-state index is 12.3. The average Bonchev–Trinajstić information content (AvgIpc) is 2.72. The Labute approximate surface area is 111 Å². The monoisotopic (exact) mass is 260 g/mol. The lowest BCUT2D eigenvalue weighted by Crippen LogP contribution is -2.47. The molecule has 0 aromatic carbocycles. The number of fused-ring (bicyclic) bond motifs is 1. The Morgan fingerprint density at radius 2 is 1.53 bits per heavy atom. The summed E-state index contributed by atoms with van der Waals surface area (Å²) in [5.74, 6) is -0.802. The van der Waals surface area contributed by atoms with Crippen LogP contribution >= 0.6 is 0 Å². The average molecular weight is 260 g/mol. The van der Waals surface area contributed by atoms with Gasteiger partial charge in [-0.3, -0.25) is 19.3 Å². The zero-order chi connectivity index (χ0) is 13.4. The second kappa shape index (κ2) is 4.64. The van der Waals surface area contributed by atoms with Crippen LogP contribution in [-0.2, 0) is 14.4 Å². The summed E-state index contributed by atoms with van der Waals surface area (Å²) in [6, 6.07) is -0.0522. The van der Waals surface area contributed by atoms with Crippen LogP contribution < -0.4 is 0 Å². The van der Waals surface area contributed by atoms with E-state index in [-0.39, 0.29) is 29.7 Å². The van der Waals surface area contributed by atoms with Gasteiger partial charge in [0.2, 0.25) is 18.2 Å². The Hall–Kier alpha value is -1.91. The van der Waals surface area contributed by atoms with Gasteiger partial charge in [-0.1, -0.05) is 24.3 Å². The van der Waals surface area contributed by atoms with E-state index in [9.17, 15) is 14.4 Å². The number of carbonyl (C=O) groups is 3. The number of rotatable bonds is 2. The molecule has 3 amide bonds. The molecule has 2 heterocycles. The van der Waals surface area contributed by atoms with E-state index in [1.165, 1.54) is 4.90 Å². The van der Waals surface area contributed by atoms with Crippen molar-refractivity contribution in [2.24, 2.45) is 11.8 Å². The molecule has 2 fully saturated rings. The molecule has 2 aliphatic heterocycles. The van der Waals surface area contributed by atoms with Crippen LogP contribution in [0.5, 0.6) is 0 Å². The molecular formula is C14H16N2O3. The van der Waals surface area contributed by atoms with Crippen molar-refractivity contribution in [3.8, 4) is 0 Å². The van der Waals surface area contributed by atoms with Crippen LogP contribution in [-0.4, -0.2) is 47.2 Å². The molecule has 0 radical (unpaired) electrons. The van der Waals surface area contributed by atoms with Gasteiger partial charge in [0, 0.05) is 19.1 Å². The summed E-state index contributed by atoms with van der Waals surface area (Å²) < 4.78 is 0. The number of carbonyl (C=O) groups excluding carboxylic acids is 3. The van der Waals surface area contributed by atoms with Crippen molar-refractivity contribution in [3.63, 3.8) is 0 Å². The highest BCUT2D eigenvalue weighted by Crippen LogP contribution is 2.34. The molecule has 3 aliphatic rings. The van der Waals surface area contributed by atoms with E-state index in [0.29, 0.717) is 25.9 Å². The summed E-state index contributed by atoms with van der Waals surface area (Å²) in [5.41, 5.74) is 0. The first kappa shape index (κ1) is 12.1. The van der Waals surface area contributed by atoms with E-state index in [0.717, 1.165) is 6.41 Å². The Kier molecular flexibility index (Phi) is 2.97. The van der Waals surface area contributed by atoms with Crippen molar-refractivity contribution in [1.82, 2.24) is 9.80 Å². The fourth-order valence-corrected chi connectivity index (χ4v) is 3.12. The minimum absolute atomic E-state index is 0.0522. The highest BCUT2D eigenvalue weighted by molar-refractivity contribution is 6.07. The standard InChI is InChI=1S/C14H16N2O3/c17-9-15-7-5-10(6-8-15)16-13(18)11-3-1-2-4-12(11)14(16)19/h1-4,9-12H,5-8H2. The Morgan fingerprint density at radius 1 is 1.00 bits per heavy atom. The maximum Gasteiger partial charge on any atom is 0.237 e. The third kappa shape index (κ3) is 1.89. The first-order valence-corrected chi connectivity index (χ1v) is 6.63. The number of allylic oxidation sites excluding steroid dienone is 2. The normalized spacial score (nSPS) is 30.9. The van der Waals surface area contributed by atoms with Gasteiger partial charge in [-0.25, -0.2) is 0 Å². The lowest BCUT2D eigenvalue weighted by molar-refractivity contribution is -0.143. The van der Waals surface area contributed by atoms with Crippen LogP contribution in [0.1, 0.15) is 12.8 Å². The molecule has 0 N–H and O–H groups in total. The summed E-state index contributed by atoms with van der Waals surface area (Å²) in [7, 11) is 0. The quantitative estimate of drug-likeness (QED) is 0.531. The molecule has 0 bridgehead atoms. The minimum Gasteiger partial charge on any atom is -0.345 e. The van der Waals surface area contributed by atoms with Crippen molar-refractivity contribution in [3.05, 3.63) is 24.3 Å². The van der Waals surface area contributed by atoms with Crippen molar-refractivity contribution in [2.75, 3.05) is 13.1 Å². The zero-order valence-electron chi connectivity index (χ0n) is 10.6. The fourth-order valence-electron chi connectivity index (χ4n) is 3.12. The Balaban J connectivity index is 1.77. The number of hydrogen-bond donors (Lipinski definition) is 0. The molecule has 2 atom stereocenters. The predicted octanol–water partition coefficient (Wildman–Crippen LogP) is 0.334. The SMILES string of the molecule is O=CN1CCC(N2C(=O)C3C=CC=CC3C2=O)CC1. The van der Waals surface area contributed by atoms with Crippen LogP contribution in [0.4, 0.5) is 0 Å². The lowest BCUT2D eigenvalue weighted by atomic mass is 9.91. The molecule has 3 rings (SSSR count). The number of hydrogen-bond acceptors (Lipinski definition) is 3. The van der Waals surface area contributed by atoms with E-state index in [1.807, 2.05) is 24.3 Å². The van der Waals surface area contributed by atoms with Crippen LogP contribution in [0.15, 0.2) is 24.3 Å². The smallest absolute Gasteiger partial charge is 0.237 e. The third-order valence-electron chi connectivity index (χ3n) is 4.19. The van der Waals surface area contributed by atoms with Crippen LogP contribution in [0.2, 0.25) is 0 Å². The number of piperidine rings is 1. The van der Waals surface area contributed by atoms with Crippen LogP contribution in [0.25, 0.3) is 0 Å². The summed E-state index contributed by atoms with van der Waals surface area (Å²) >= 11 is 0. The summed E-state index contributed by atoms with van der Waals surface area (Å²) in [5, 5.41) is 0. The molecule has 1 aliphatic carbocycles. The van der Waals surface area contributed by atoms with E-state index in [2.05, 4.69) is 0 Å². The third-order valence-corrected chi connectivity index (χ3v) is 4.19. The van der Waals surface area contributed by atoms with E-state index >= 15 is 0 Å². The molecule has 2 saturated heterocycles. The van der Waals surface area contributed by atoms with E-state index < -0.39 is 0 Å². The van der Waals surface area contributed by atoms with Crippen molar-refractivity contribution < 1.29 is 14.4 Å². The molecule has 0 aromatic heterocycles. The number of amides is 3. The molecule has 0 spiro atoms.